The van der Waals surface area contributed by atoms with Crippen LogP contribution in [0.2, 0.25) is 0 Å². The van der Waals surface area contributed by atoms with Crippen molar-refractivity contribution >= 4 is 45.0 Å². The monoisotopic (exact) mass is 354 g/mol. The number of nitrogens with zero attached hydrogens (tertiary/aromatic N) is 2. The second kappa shape index (κ2) is 6.03. The highest BCUT2D eigenvalue weighted by molar-refractivity contribution is 7.15. The minimum atomic E-state index is -0.634. The fraction of sp³-hybridized carbons (Fsp3) is 0. The van der Waals surface area contributed by atoms with Crippen molar-refractivity contribution in [3.8, 4) is 16.3 Å². The summed E-state index contributed by atoms with van der Waals surface area (Å²) in [5.74, 6) is -0.138. The molecule has 0 saturated carbocycles. The second-order valence-corrected chi connectivity index (χ2v) is 6.68. The fourth-order valence-electron chi connectivity index (χ4n) is 2.24. The van der Waals surface area contributed by atoms with Gasteiger partial charge in [0.05, 0.1) is 16.0 Å². The van der Waals surface area contributed by atoms with Crippen molar-refractivity contribution in [1.29, 1.82) is 0 Å². The van der Waals surface area contributed by atoms with Gasteiger partial charge in [0, 0.05) is 11.6 Å². The maximum Gasteiger partial charge on any atom is 0.348 e. The van der Waals surface area contributed by atoms with E-state index in [9.17, 15) is 9.90 Å². The van der Waals surface area contributed by atoms with Gasteiger partial charge < -0.3 is 9.52 Å². The maximum atomic E-state index is 12.0. The molecule has 3 heterocycles. The number of fused-ring (bicyclic) bond motifs is 1. The Morgan fingerprint density at radius 3 is 2.88 bits per heavy atom. The third kappa shape index (κ3) is 2.64. The van der Waals surface area contributed by atoms with E-state index in [-0.39, 0.29) is 11.3 Å². The molecule has 4 rings (SSSR count). The molecule has 1 aromatic carbocycles. The molecule has 24 heavy (non-hydrogen) atoms. The Labute approximate surface area is 144 Å². The summed E-state index contributed by atoms with van der Waals surface area (Å²) >= 11 is 2.96. The van der Waals surface area contributed by atoms with E-state index in [0.29, 0.717) is 16.1 Å². The van der Waals surface area contributed by atoms with Crippen LogP contribution < -0.4 is 5.63 Å². The molecule has 0 aliphatic rings. The number of thiazole rings is 1. The molecule has 0 amide bonds. The predicted octanol–water partition coefficient (Wildman–Crippen LogP) is 4.43. The van der Waals surface area contributed by atoms with Crippen LogP contribution in [0.1, 0.15) is 5.56 Å². The third-order valence-corrected chi connectivity index (χ3v) is 5.03. The molecule has 0 aliphatic carbocycles. The third-order valence-electron chi connectivity index (χ3n) is 3.39. The maximum absolute atomic E-state index is 12.0. The van der Waals surface area contributed by atoms with E-state index >= 15 is 0 Å². The van der Waals surface area contributed by atoms with Gasteiger partial charge in [-0.3, -0.25) is 0 Å². The smallest absolute Gasteiger partial charge is 0.348 e. The first-order chi connectivity index (χ1) is 11.7. The molecule has 4 aromatic rings. The lowest BCUT2D eigenvalue weighted by atomic mass is 10.1. The average Bonchev–Trinajstić information content (AvgIpc) is 3.26. The van der Waals surface area contributed by atoms with Gasteiger partial charge in [-0.25, -0.2) is 14.8 Å². The van der Waals surface area contributed by atoms with Crippen LogP contribution in [0.25, 0.3) is 21.5 Å². The number of aromatic nitrogens is 1. The van der Waals surface area contributed by atoms with Crippen molar-refractivity contribution in [1.82, 2.24) is 4.98 Å². The lowest BCUT2D eigenvalue weighted by Gasteiger charge is -2.01. The number of aliphatic imine (C=N–C) groups is 1. The number of hydrogen-bond donors (Lipinski definition) is 1. The van der Waals surface area contributed by atoms with Crippen molar-refractivity contribution in [2.24, 2.45) is 4.99 Å². The van der Waals surface area contributed by atoms with Crippen LogP contribution in [0, 0.1) is 0 Å². The number of hydrogen-bond acceptors (Lipinski definition) is 7. The van der Waals surface area contributed by atoms with E-state index in [0.717, 1.165) is 10.6 Å². The molecule has 0 saturated heterocycles. The number of para-hydroxylation sites is 1. The SMILES string of the molecule is O=c1oc2ccccc2c(O)c1/C=N/c1nc(-c2cccs2)cs1. The highest BCUT2D eigenvalue weighted by Gasteiger charge is 2.12. The molecule has 0 atom stereocenters. The molecular weight excluding hydrogens is 344 g/mol. The van der Waals surface area contributed by atoms with Crippen LogP contribution >= 0.6 is 22.7 Å². The van der Waals surface area contributed by atoms with Gasteiger partial charge in [0.25, 0.3) is 0 Å². The average molecular weight is 354 g/mol. The summed E-state index contributed by atoms with van der Waals surface area (Å²) < 4.78 is 5.20. The van der Waals surface area contributed by atoms with Gasteiger partial charge in [-0.05, 0) is 23.6 Å². The Morgan fingerprint density at radius 1 is 1.17 bits per heavy atom. The van der Waals surface area contributed by atoms with Crippen LogP contribution in [-0.4, -0.2) is 16.3 Å². The first-order valence-corrected chi connectivity index (χ1v) is 8.76. The molecule has 0 bridgehead atoms. The Kier molecular flexibility index (Phi) is 3.72. The Hall–Kier alpha value is -2.77. The van der Waals surface area contributed by atoms with Crippen LogP contribution in [0.3, 0.4) is 0 Å². The van der Waals surface area contributed by atoms with Crippen molar-refractivity contribution < 1.29 is 9.52 Å². The number of benzene rings is 1. The summed E-state index contributed by atoms with van der Waals surface area (Å²) in [4.78, 5) is 21.7. The predicted molar refractivity (Wildman–Crippen MR) is 96.8 cm³/mol. The first-order valence-electron chi connectivity index (χ1n) is 7.00. The van der Waals surface area contributed by atoms with Crippen LogP contribution in [-0.2, 0) is 0 Å². The van der Waals surface area contributed by atoms with E-state index in [4.69, 9.17) is 4.42 Å². The van der Waals surface area contributed by atoms with Gasteiger partial charge in [0.15, 0.2) is 0 Å². The largest absolute Gasteiger partial charge is 0.506 e. The number of rotatable bonds is 3. The summed E-state index contributed by atoms with van der Waals surface area (Å²) in [7, 11) is 0. The number of aromatic hydroxyl groups is 1. The zero-order valence-corrected chi connectivity index (χ0v) is 13.8. The van der Waals surface area contributed by atoms with Crippen molar-refractivity contribution in [2.45, 2.75) is 0 Å². The van der Waals surface area contributed by atoms with Crippen LogP contribution in [0.4, 0.5) is 5.13 Å². The Balaban J connectivity index is 1.72. The van der Waals surface area contributed by atoms with Crippen molar-refractivity contribution in [3.63, 3.8) is 0 Å². The zero-order valence-electron chi connectivity index (χ0n) is 12.2. The van der Waals surface area contributed by atoms with Crippen molar-refractivity contribution in [3.05, 3.63) is 63.1 Å². The molecule has 0 spiro atoms. The Bertz CT molecular complexity index is 1090. The molecule has 3 aromatic heterocycles. The van der Waals surface area contributed by atoms with E-state index in [2.05, 4.69) is 9.98 Å². The van der Waals surface area contributed by atoms with Gasteiger partial charge in [0.2, 0.25) is 5.13 Å². The normalized spacial score (nSPS) is 11.5. The molecule has 118 valence electrons. The molecule has 5 nitrogen and oxygen atoms in total. The van der Waals surface area contributed by atoms with Gasteiger partial charge in [-0.15, -0.1) is 22.7 Å². The van der Waals surface area contributed by atoms with Gasteiger partial charge in [-0.1, -0.05) is 18.2 Å². The minimum Gasteiger partial charge on any atom is -0.506 e. The topological polar surface area (TPSA) is 75.7 Å². The zero-order chi connectivity index (χ0) is 16.5. The van der Waals surface area contributed by atoms with E-state index in [1.54, 1.807) is 35.6 Å². The molecule has 0 radical (unpaired) electrons. The van der Waals surface area contributed by atoms with E-state index in [1.165, 1.54) is 17.6 Å². The Morgan fingerprint density at radius 2 is 2.04 bits per heavy atom. The van der Waals surface area contributed by atoms with Crippen molar-refractivity contribution in [2.75, 3.05) is 0 Å². The quantitative estimate of drug-likeness (QED) is 0.436. The molecule has 1 N–H and O–H groups in total. The number of thiophene rings is 1. The second-order valence-electron chi connectivity index (χ2n) is 4.90. The summed E-state index contributed by atoms with van der Waals surface area (Å²) in [6.45, 7) is 0. The highest BCUT2D eigenvalue weighted by atomic mass is 32.1. The summed E-state index contributed by atoms with van der Waals surface area (Å²) in [6, 6.07) is 10.8. The highest BCUT2D eigenvalue weighted by Crippen LogP contribution is 2.30. The fourth-order valence-corrected chi connectivity index (χ4v) is 3.66. The lowest BCUT2D eigenvalue weighted by Crippen LogP contribution is -2.06. The molecule has 0 aliphatic heterocycles. The molecule has 0 fully saturated rings. The lowest BCUT2D eigenvalue weighted by molar-refractivity contribution is 0.466. The van der Waals surface area contributed by atoms with Gasteiger partial charge in [-0.2, -0.15) is 0 Å². The first kappa shape index (κ1) is 14.8. The molecular formula is C17H10N2O3S2. The van der Waals surface area contributed by atoms with Crippen LogP contribution in [0.15, 0.2) is 61.4 Å². The van der Waals surface area contributed by atoms with Gasteiger partial charge in [0.1, 0.15) is 16.9 Å². The van der Waals surface area contributed by atoms with E-state index in [1.807, 2.05) is 22.9 Å². The van der Waals surface area contributed by atoms with Gasteiger partial charge >= 0.3 is 5.63 Å². The molecule has 0 unspecified atom stereocenters. The van der Waals surface area contributed by atoms with Crippen LogP contribution in [0.5, 0.6) is 5.75 Å². The van der Waals surface area contributed by atoms with E-state index < -0.39 is 5.63 Å². The molecule has 7 heteroatoms. The summed E-state index contributed by atoms with van der Waals surface area (Å²) in [6.07, 6.45) is 1.30. The minimum absolute atomic E-state index is 0.0153. The summed E-state index contributed by atoms with van der Waals surface area (Å²) in [5, 5.41) is 15.2. The summed E-state index contributed by atoms with van der Waals surface area (Å²) in [5.41, 5.74) is 0.565. The standard InChI is InChI=1S/C17H10N2O3S2/c20-15-10-4-1-2-5-13(10)22-16(21)11(15)8-18-17-19-12(9-24-17)14-6-3-7-23-14/h1-9,20H/b18-8+.